The van der Waals surface area contributed by atoms with E-state index < -0.39 is 17.5 Å². The van der Waals surface area contributed by atoms with Gasteiger partial charge in [0.2, 0.25) is 0 Å². The van der Waals surface area contributed by atoms with E-state index in [1.165, 1.54) is 24.3 Å². The first-order valence-corrected chi connectivity index (χ1v) is 7.25. The molecule has 0 aliphatic rings. The van der Waals surface area contributed by atoms with Crippen molar-refractivity contribution in [3.05, 3.63) is 59.7 Å². The molecule has 0 amide bonds. The van der Waals surface area contributed by atoms with Crippen molar-refractivity contribution in [1.29, 1.82) is 0 Å². The molecule has 0 unspecified atom stereocenters. The largest absolute Gasteiger partial charge is 0.489 e. The smallest absolute Gasteiger partial charge is 0.335 e. The zero-order chi connectivity index (χ0) is 17.7. The fraction of sp³-hybridized carbons (Fsp3) is 0.222. The van der Waals surface area contributed by atoms with Crippen LogP contribution in [0.2, 0.25) is 0 Å². The zero-order valence-corrected chi connectivity index (χ0v) is 13.4. The molecule has 0 saturated heterocycles. The van der Waals surface area contributed by atoms with Crippen LogP contribution in [-0.2, 0) is 0 Å². The number of ether oxygens (including phenoxy) is 2. The highest BCUT2D eigenvalue weighted by molar-refractivity contribution is 5.88. The van der Waals surface area contributed by atoms with E-state index in [1.807, 2.05) is 13.8 Å². The van der Waals surface area contributed by atoms with Gasteiger partial charge in [0.05, 0.1) is 11.1 Å². The highest BCUT2D eigenvalue weighted by atomic mass is 16.5. The van der Waals surface area contributed by atoms with Crippen LogP contribution in [0, 0.1) is 0 Å². The number of carbonyl (C=O) groups is 2. The van der Waals surface area contributed by atoms with Crippen molar-refractivity contribution in [1.82, 2.24) is 0 Å². The molecule has 0 fully saturated rings. The molecule has 0 spiro atoms. The Kier molecular flexibility index (Phi) is 5.08. The average molecular weight is 330 g/mol. The highest BCUT2D eigenvalue weighted by Crippen LogP contribution is 2.21. The summed E-state index contributed by atoms with van der Waals surface area (Å²) in [7, 11) is 0. The topological polar surface area (TPSA) is 93.1 Å². The molecule has 0 saturated carbocycles. The molecule has 2 aromatic rings. The lowest BCUT2D eigenvalue weighted by atomic mass is 10.1. The van der Waals surface area contributed by atoms with Crippen molar-refractivity contribution in [3.63, 3.8) is 0 Å². The molecule has 2 N–H and O–H groups in total. The fourth-order valence-electron chi connectivity index (χ4n) is 1.96. The summed E-state index contributed by atoms with van der Waals surface area (Å²) in [6.07, 6.45) is 0. The number of carboxylic acids is 2. The number of rotatable bonds is 7. The Hall–Kier alpha value is -3.02. The van der Waals surface area contributed by atoms with Gasteiger partial charge in [-0.2, -0.15) is 0 Å². The molecule has 24 heavy (non-hydrogen) atoms. The lowest BCUT2D eigenvalue weighted by Gasteiger charge is -2.26. The zero-order valence-electron chi connectivity index (χ0n) is 13.4. The van der Waals surface area contributed by atoms with Gasteiger partial charge < -0.3 is 19.7 Å². The molecule has 0 atom stereocenters. The fourth-order valence-corrected chi connectivity index (χ4v) is 1.96. The predicted octanol–water partition coefficient (Wildman–Crippen LogP) is 3.32. The molecule has 0 bridgehead atoms. The quantitative estimate of drug-likeness (QED) is 0.809. The van der Waals surface area contributed by atoms with E-state index in [9.17, 15) is 9.59 Å². The minimum Gasteiger partial charge on any atom is -0.489 e. The van der Waals surface area contributed by atoms with Crippen molar-refractivity contribution in [2.45, 2.75) is 19.4 Å². The van der Waals surface area contributed by atoms with Gasteiger partial charge in [-0.3, -0.25) is 0 Å². The van der Waals surface area contributed by atoms with Crippen LogP contribution in [-0.4, -0.2) is 34.4 Å². The second-order valence-corrected chi connectivity index (χ2v) is 5.81. The van der Waals surface area contributed by atoms with E-state index in [4.69, 9.17) is 19.7 Å². The Labute approximate surface area is 139 Å². The van der Waals surface area contributed by atoms with Crippen LogP contribution in [0.3, 0.4) is 0 Å². The monoisotopic (exact) mass is 330 g/mol. The van der Waals surface area contributed by atoms with Crippen molar-refractivity contribution >= 4 is 11.9 Å². The summed E-state index contributed by atoms with van der Waals surface area (Å²) >= 11 is 0. The molecule has 6 nitrogen and oxygen atoms in total. The van der Waals surface area contributed by atoms with Gasteiger partial charge in [-0.05, 0) is 62.4 Å². The third kappa shape index (κ3) is 4.74. The summed E-state index contributed by atoms with van der Waals surface area (Å²) in [5.74, 6) is -0.906. The van der Waals surface area contributed by atoms with E-state index in [0.29, 0.717) is 11.5 Å². The van der Waals surface area contributed by atoms with Crippen LogP contribution >= 0.6 is 0 Å². The molecule has 0 heterocycles. The Morgan fingerprint density at radius 2 is 1.25 bits per heavy atom. The van der Waals surface area contributed by atoms with E-state index in [2.05, 4.69) is 0 Å². The maximum Gasteiger partial charge on any atom is 0.335 e. The average Bonchev–Trinajstić information content (AvgIpc) is 2.53. The van der Waals surface area contributed by atoms with Crippen LogP contribution in [0.15, 0.2) is 48.5 Å². The van der Waals surface area contributed by atoms with Gasteiger partial charge in [-0.25, -0.2) is 9.59 Å². The first-order valence-electron chi connectivity index (χ1n) is 7.25. The second kappa shape index (κ2) is 7.04. The van der Waals surface area contributed by atoms with Gasteiger partial charge in [0.1, 0.15) is 23.7 Å². The van der Waals surface area contributed by atoms with Gasteiger partial charge in [0.25, 0.3) is 0 Å². The molecular formula is C18H18O6. The number of benzene rings is 2. The van der Waals surface area contributed by atoms with E-state index in [-0.39, 0.29) is 17.7 Å². The third-order valence-electron chi connectivity index (χ3n) is 3.18. The van der Waals surface area contributed by atoms with Crippen LogP contribution < -0.4 is 9.47 Å². The number of hydrogen-bond donors (Lipinski definition) is 2. The molecular weight excluding hydrogens is 312 g/mol. The number of carboxylic acid groups (broad SMARTS) is 2. The van der Waals surface area contributed by atoms with Gasteiger partial charge in [0.15, 0.2) is 0 Å². The van der Waals surface area contributed by atoms with E-state index in [0.717, 1.165) is 0 Å². The summed E-state index contributed by atoms with van der Waals surface area (Å²) in [5, 5.41) is 17.7. The summed E-state index contributed by atoms with van der Waals surface area (Å²) in [4.78, 5) is 21.6. The Bertz CT molecular complexity index is 716. The lowest BCUT2D eigenvalue weighted by molar-refractivity contribution is 0.0520. The minimum absolute atomic E-state index is 0.190. The van der Waals surface area contributed by atoms with Crippen molar-refractivity contribution in [2.24, 2.45) is 0 Å². The van der Waals surface area contributed by atoms with Gasteiger partial charge in [-0.1, -0.05) is 0 Å². The molecule has 2 aromatic carbocycles. The van der Waals surface area contributed by atoms with Crippen molar-refractivity contribution in [3.8, 4) is 11.5 Å². The first-order chi connectivity index (χ1) is 11.3. The maximum atomic E-state index is 10.8. The van der Waals surface area contributed by atoms with Crippen LogP contribution in [0.1, 0.15) is 34.6 Å². The molecule has 0 radical (unpaired) electrons. The predicted molar refractivity (Wildman–Crippen MR) is 87.0 cm³/mol. The van der Waals surface area contributed by atoms with Gasteiger partial charge in [0, 0.05) is 0 Å². The highest BCUT2D eigenvalue weighted by Gasteiger charge is 2.21. The van der Waals surface area contributed by atoms with E-state index >= 15 is 0 Å². The Morgan fingerprint density at radius 3 is 1.67 bits per heavy atom. The molecule has 0 aliphatic heterocycles. The Morgan fingerprint density at radius 1 is 0.833 bits per heavy atom. The molecule has 6 heteroatoms. The Balaban J connectivity index is 1.95. The second-order valence-electron chi connectivity index (χ2n) is 5.81. The van der Waals surface area contributed by atoms with E-state index in [1.54, 1.807) is 24.3 Å². The minimum atomic E-state index is -0.992. The summed E-state index contributed by atoms with van der Waals surface area (Å²) in [6, 6.07) is 12.2. The molecule has 0 aromatic heterocycles. The van der Waals surface area contributed by atoms with Gasteiger partial charge >= 0.3 is 11.9 Å². The summed E-state index contributed by atoms with van der Waals surface area (Å²) in [6.45, 7) is 3.91. The lowest BCUT2D eigenvalue weighted by Crippen LogP contribution is -2.35. The summed E-state index contributed by atoms with van der Waals surface area (Å²) < 4.78 is 11.4. The maximum absolute atomic E-state index is 10.8. The normalized spacial score (nSPS) is 10.9. The molecule has 2 rings (SSSR count). The van der Waals surface area contributed by atoms with Crippen molar-refractivity contribution in [2.75, 3.05) is 6.61 Å². The standard InChI is InChI=1S/C18H18O6/c1-18(2,24-15-9-5-13(6-10-15)17(21)22)11-23-14-7-3-12(4-8-14)16(19)20/h3-10H,11H2,1-2H3,(H,19,20)(H,21,22). The first kappa shape index (κ1) is 17.3. The SMILES string of the molecule is CC(C)(COc1ccc(C(=O)O)cc1)Oc1ccc(C(=O)O)cc1. The number of aromatic carboxylic acids is 2. The van der Waals surface area contributed by atoms with Crippen LogP contribution in [0.4, 0.5) is 0 Å². The molecule has 0 aliphatic carbocycles. The number of hydrogen-bond acceptors (Lipinski definition) is 4. The van der Waals surface area contributed by atoms with Crippen molar-refractivity contribution < 1.29 is 29.3 Å². The summed E-state index contributed by atoms with van der Waals surface area (Å²) in [5.41, 5.74) is -0.276. The third-order valence-corrected chi connectivity index (χ3v) is 3.18. The van der Waals surface area contributed by atoms with Crippen LogP contribution in [0.25, 0.3) is 0 Å². The van der Waals surface area contributed by atoms with Crippen LogP contribution in [0.5, 0.6) is 11.5 Å². The molecule has 126 valence electrons. The van der Waals surface area contributed by atoms with Gasteiger partial charge in [-0.15, -0.1) is 0 Å².